The van der Waals surface area contributed by atoms with E-state index in [-0.39, 0.29) is 6.61 Å². The molecule has 1 aromatic carbocycles. The fraction of sp³-hybridized carbons (Fsp3) is 0.429. The molecule has 3 heteroatoms. The monoisotopic (exact) mass is 233 g/mol. The smallest absolute Gasteiger partial charge is 0.123 e. The van der Waals surface area contributed by atoms with E-state index >= 15 is 0 Å². The van der Waals surface area contributed by atoms with Crippen molar-refractivity contribution in [1.82, 2.24) is 5.32 Å². The summed E-state index contributed by atoms with van der Waals surface area (Å²) in [6, 6.07) is 8.38. The highest BCUT2D eigenvalue weighted by atomic mass is 16.5. The van der Waals surface area contributed by atoms with E-state index in [4.69, 9.17) is 9.84 Å². The summed E-state index contributed by atoms with van der Waals surface area (Å²) >= 11 is 0. The number of ether oxygens (including phenoxy) is 1. The van der Waals surface area contributed by atoms with E-state index < -0.39 is 0 Å². The Morgan fingerprint density at radius 2 is 2.18 bits per heavy atom. The molecule has 17 heavy (non-hydrogen) atoms. The number of nitrogens with one attached hydrogen (secondary N) is 1. The molecule has 2 atom stereocenters. The maximum Gasteiger partial charge on any atom is 0.123 e. The van der Waals surface area contributed by atoms with Gasteiger partial charge in [0.15, 0.2) is 0 Å². The lowest BCUT2D eigenvalue weighted by molar-refractivity contribution is 0.246. The van der Waals surface area contributed by atoms with Crippen molar-refractivity contribution in [3.05, 3.63) is 42.0 Å². The van der Waals surface area contributed by atoms with E-state index in [0.717, 1.165) is 24.3 Å². The predicted octanol–water partition coefficient (Wildman–Crippen LogP) is 1.72. The van der Waals surface area contributed by atoms with E-state index in [1.165, 1.54) is 0 Å². The minimum Gasteiger partial charge on any atom is -0.496 e. The minimum absolute atomic E-state index is 0.239. The van der Waals surface area contributed by atoms with Crippen molar-refractivity contribution >= 4 is 0 Å². The van der Waals surface area contributed by atoms with Crippen LogP contribution in [0.3, 0.4) is 0 Å². The van der Waals surface area contributed by atoms with Gasteiger partial charge in [-0.05, 0) is 12.5 Å². The van der Waals surface area contributed by atoms with Gasteiger partial charge in [0, 0.05) is 30.7 Å². The summed E-state index contributed by atoms with van der Waals surface area (Å²) in [6.07, 6.45) is 5.20. The van der Waals surface area contributed by atoms with E-state index in [1.54, 1.807) is 7.11 Å². The summed E-state index contributed by atoms with van der Waals surface area (Å²) in [5.74, 6) is 1.23. The molecule has 0 amide bonds. The molecule has 0 aliphatic heterocycles. The first-order valence-corrected chi connectivity index (χ1v) is 5.98. The van der Waals surface area contributed by atoms with Gasteiger partial charge in [-0.15, -0.1) is 0 Å². The van der Waals surface area contributed by atoms with Gasteiger partial charge < -0.3 is 15.2 Å². The topological polar surface area (TPSA) is 41.5 Å². The molecular weight excluding hydrogens is 214 g/mol. The average molecular weight is 233 g/mol. The van der Waals surface area contributed by atoms with Crippen LogP contribution in [0.5, 0.6) is 5.75 Å². The van der Waals surface area contributed by atoms with Gasteiger partial charge in [0.2, 0.25) is 0 Å². The van der Waals surface area contributed by atoms with Crippen LogP contribution in [-0.2, 0) is 6.54 Å². The van der Waals surface area contributed by atoms with Crippen LogP contribution in [0, 0.1) is 5.92 Å². The van der Waals surface area contributed by atoms with Gasteiger partial charge in [-0.25, -0.2) is 0 Å². The highest BCUT2D eigenvalue weighted by Gasteiger charge is 2.17. The molecule has 0 saturated heterocycles. The fourth-order valence-corrected chi connectivity index (χ4v) is 2.15. The second-order valence-electron chi connectivity index (χ2n) is 4.36. The molecule has 0 fully saturated rings. The van der Waals surface area contributed by atoms with Crippen molar-refractivity contribution in [1.29, 1.82) is 0 Å². The SMILES string of the molecule is COc1ccccc1CN[C@@H]1C=C[C@H](CO)C1. The summed E-state index contributed by atoms with van der Waals surface area (Å²) in [7, 11) is 1.69. The third-order valence-corrected chi connectivity index (χ3v) is 3.15. The highest BCUT2D eigenvalue weighted by Crippen LogP contribution is 2.20. The number of aliphatic hydroxyl groups is 1. The lowest BCUT2D eigenvalue weighted by Gasteiger charge is -2.14. The molecular formula is C14H19NO2. The second kappa shape index (κ2) is 5.84. The summed E-state index contributed by atoms with van der Waals surface area (Å²) in [5, 5.41) is 12.5. The second-order valence-corrected chi connectivity index (χ2v) is 4.36. The third kappa shape index (κ3) is 3.08. The molecule has 1 aliphatic rings. The number of para-hydroxylation sites is 1. The van der Waals surface area contributed by atoms with Crippen molar-refractivity contribution < 1.29 is 9.84 Å². The first kappa shape index (κ1) is 12.1. The van der Waals surface area contributed by atoms with Crippen LogP contribution >= 0.6 is 0 Å². The van der Waals surface area contributed by atoms with Gasteiger partial charge in [-0.3, -0.25) is 0 Å². The van der Waals surface area contributed by atoms with Gasteiger partial charge in [0.05, 0.1) is 7.11 Å². The van der Waals surface area contributed by atoms with Gasteiger partial charge in [-0.2, -0.15) is 0 Å². The summed E-state index contributed by atoms with van der Waals surface area (Å²) in [5.41, 5.74) is 1.16. The number of benzene rings is 1. The van der Waals surface area contributed by atoms with Crippen molar-refractivity contribution in [3.63, 3.8) is 0 Å². The lowest BCUT2D eigenvalue weighted by Crippen LogP contribution is -2.26. The molecule has 0 aromatic heterocycles. The molecule has 3 nitrogen and oxygen atoms in total. The molecule has 0 spiro atoms. The zero-order valence-corrected chi connectivity index (χ0v) is 10.1. The molecule has 1 aliphatic carbocycles. The molecule has 0 unspecified atom stereocenters. The number of hydrogen-bond donors (Lipinski definition) is 2. The summed E-state index contributed by atoms with van der Waals surface area (Å²) < 4.78 is 5.30. The Labute approximate surface area is 102 Å². The van der Waals surface area contributed by atoms with E-state index in [9.17, 15) is 0 Å². The maximum absolute atomic E-state index is 9.05. The fourth-order valence-electron chi connectivity index (χ4n) is 2.15. The zero-order valence-electron chi connectivity index (χ0n) is 10.1. The Kier molecular flexibility index (Phi) is 4.18. The largest absolute Gasteiger partial charge is 0.496 e. The van der Waals surface area contributed by atoms with Crippen molar-refractivity contribution in [2.75, 3.05) is 13.7 Å². The van der Waals surface area contributed by atoms with E-state index in [1.807, 2.05) is 18.2 Å². The quantitative estimate of drug-likeness (QED) is 0.761. The molecule has 0 saturated carbocycles. The molecule has 2 N–H and O–H groups in total. The van der Waals surface area contributed by atoms with Crippen molar-refractivity contribution in [3.8, 4) is 5.75 Å². The molecule has 0 heterocycles. The molecule has 0 bridgehead atoms. The molecule has 0 radical (unpaired) electrons. The minimum atomic E-state index is 0.239. The number of hydrogen-bond acceptors (Lipinski definition) is 3. The van der Waals surface area contributed by atoms with Crippen molar-refractivity contribution in [2.24, 2.45) is 5.92 Å². The number of aliphatic hydroxyl groups excluding tert-OH is 1. The van der Waals surface area contributed by atoms with Crippen LogP contribution < -0.4 is 10.1 Å². The van der Waals surface area contributed by atoms with E-state index in [2.05, 4.69) is 23.5 Å². The zero-order chi connectivity index (χ0) is 12.1. The summed E-state index contributed by atoms with van der Waals surface area (Å²) in [6.45, 7) is 1.03. The van der Waals surface area contributed by atoms with Crippen LogP contribution in [-0.4, -0.2) is 24.9 Å². The first-order valence-electron chi connectivity index (χ1n) is 5.98. The standard InChI is InChI=1S/C14H19NO2/c1-17-14-5-3-2-4-12(14)9-15-13-7-6-11(8-13)10-16/h2-7,11,13,15-16H,8-10H2,1H3/t11-,13+/m0/s1. The predicted molar refractivity (Wildman–Crippen MR) is 68.0 cm³/mol. The maximum atomic E-state index is 9.05. The first-order chi connectivity index (χ1) is 8.33. The third-order valence-electron chi connectivity index (χ3n) is 3.15. The molecule has 1 aromatic rings. The molecule has 92 valence electrons. The number of methoxy groups -OCH3 is 1. The van der Waals surface area contributed by atoms with E-state index in [0.29, 0.717) is 12.0 Å². The van der Waals surface area contributed by atoms with Crippen LogP contribution in [0.1, 0.15) is 12.0 Å². The van der Waals surface area contributed by atoms with Crippen LogP contribution in [0.15, 0.2) is 36.4 Å². The van der Waals surface area contributed by atoms with Gasteiger partial charge >= 0.3 is 0 Å². The Morgan fingerprint density at radius 1 is 1.35 bits per heavy atom. The van der Waals surface area contributed by atoms with Crippen molar-refractivity contribution in [2.45, 2.75) is 19.0 Å². The van der Waals surface area contributed by atoms with Crippen LogP contribution in [0.4, 0.5) is 0 Å². The van der Waals surface area contributed by atoms with Gasteiger partial charge in [-0.1, -0.05) is 30.4 Å². The summed E-state index contributed by atoms with van der Waals surface area (Å²) in [4.78, 5) is 0. The van der Waals surface area contributed by atoms with Gasteiger partial charge in [0.1, 0.15) is 5.75 Å². The van der Waals surface area contributed by atoms with Crippen LogP contribution in [0.2, 0.25) is 0 Å². The average Bonchev–Trinajstić information content (AvgIpc) is 2.84. The highest BCUT2D eigenvalue weighted by molar-refractivity contribution is 5.33. The lowest BCUT2D eigenvalue weighted by atomic mass is 10.1. The normalized spacial score (nSPS) is 22.9. The van der Waals surface area contributed by atoms with Gasteiger partial charge in [0.25, 0.3) is 0 Å². The van der Waals surface area contributed by atoms with Crippen LogP contribution in [0.25, 0.3) is 0 Å². The molecule has 2 rings (SSSR count). The Morgan fingerprint density at radius 3 is 2.88 bits per heavy atom. The number of rotatable bonds is 5. The Bertz CT molecular complexity index is 390. The Balaban J connectivity index is 1.88. The Hall–Kier alpha value is -1.32.